The van der Waals surface area contributed by atoms with Gasteiger partial charge in [0.1, 0.15) is 11.2 Å². The van der Waals surface area contributed by atoms with Crippen molar-refractivity contribution in [1.82, 2.24) is 19.5 Å². The molecule has 164 valence electrons. The number of aromatic nitrogens is 4. The van der Waals surface area contributed by atoms with Crippen molar-refractivity contribution in [3.05, 3.63) is 63.5 Å². The standard InChI is InChI=1S/C21H19F5N4O/c22-18(23)16-10-28-15-9-13(12-5-2-1-3-6-12)20(31)30(19(15)29-16)11-17-14(21(24,25)26)7-4-8-27-17/h4,7-10,12,18H,1-3,5-6,11H2. The Morgan fingerprint density at radius 3 is 2.55 bits per heavy atom. The first kappa shape index (κ1) is 21.3. The monoisotopic (exact) mass is 438 g/mol. The highest BCUT2D eigenvalue weighted by molar-refractivity contribution is 5.71. The van der Waals surface area contributed by atoms with E-state index in [4.69, 9.17) is 0 Å². The lowest BCUT2D eigenvalue weighted by atomic mass is 9.84. The van der Waals surface area contributed by atoms with Crippen molar-refractivity contribution >= 4 is 11.2 Å². The van der Waals surface area contributed by atoms with Gasteiger partial charge in [-0.05, 0) is 37.0 Å². The van der Waals surface area contributed by atoms with Gasteiger partial charge < -0.3 is 0 Å². The molecule has 0 atom stereocenters. The Bertz CT molecular complexity index is 1150. The normalized spacial score (nSPS) is 15.7. The van der Waals surface area contributed by atoms with Gasteiger partial charge in [-0.2, -0.15) is 13.2 Å². The first-order chi connectivity index (χ1) is 14.8. The highest BCUT2D eigenvalue weighted by Gasteiger charge is 2.34. The molecule has 0 aromatic carbocycles. The van der Waals surface area contributed by atoms with Gasteiger partial charge in [0.2, 0.25) is 0 Å². The Morgan fingerprint density at radius 1 is 1.13 bits per heavy atom. The number of rotatable bonds is 4. The molecule has 3 aromatic heterocycles. The number of pyridine rings is 2. The Morgan fingerprint density at radius 2 is 1.87 bits per heavy atom. The van der Waals surface area contributed by atoms with Crippen molar-refractivity contribution in [2.75, 3.05) is 0 Å². The van der Waals surface area contributed by atoms with Crippen LogP contribution in [0.5, 0.6) is 0 Å². The van der Waals surface area contributed by atoms with Gasteiger partial charge in [-0.25, -0.2) is 13.8 Å². The molecule has 3 heterocycles. The molecule has 31 heavy (non-hydrogen) atoms. The average molecular weight is 438 g/mol. The van der Waals surface area contributed by atoms with Gasteiger partial charge in [-0.15, -0.1) is 0 Å². The predicted molar refractivity (Wildman–Crippen MR) is 103 cm³/mol. The molecule has 0 saturated heterocycles. The number of fused-ring (bicyclic) bond motifs is 1. The second kappa shape index (κ2) is 8.32. The fourth-order valence-corrected chi connectivity index (χ4v) is 4.09. The molecule has 0 bridgehead atoms. The molecule has 1 aliphatic carbocycles. The molecule has 4 rings (SSSR count). The molecule has 0 spiro atoms. The van der Waals surface area contributed by atoms with E-state index in [0.29, 0.717) is 5.56 Å². The first-order valence-corrected chi connectivity index (χ1v) is 9.95. The summed E-state index contributed by atoms with van der Waals surface area (Å²) in [4.78, 5) is 25.0. The van der Waals surface area contributed by atoms with E-state index in [1.165, 1.54) is 12.3 Å². The van der Waals surface area contributed by atoms with Crippen LogP contribution in [0.25, 0.3) is 11.2 Å². The fraction of sp³-hybridized carbons (Fsp3) is 0.429. The maximum atomic E-state index is 13.5. The Balaban J connectivity index is 1.92. The summed E-state index contributed by atoms with van der Waals surface area (Å²) >= 11 is 0. The summed E-state index contributed by atoms with van der Waals surface area (Å²) in [7, 11) is 0. The topological polar surface area (TPSA) is 60.7 Å². The number of hydrogen-bond acceptors (Lipinski definition) is 4. The second-order valence-electron chi connectivity index (χ2n) is 7.63. The van der Waals surface area contributed by atoms with Crippen molar-refractivity contribution in [2.24, 2.45) is 0 Å². The third kappa shape index (κ3) is 4.28. The Labute approximate surface area is 174 Å². The molecule has 10 heteroatoms. The molecule has 0 N–H and O–H groups in total. The number of halogens is 5. The van der Waals surface area contributed by atoms with E-state index in [1.54, 1.807) is 0 Å². The van der Waals surface area contributed by atoms with E-state index in [0.717, 1.165) is 55.0 Å². The summed E-state index contributed by atoms with van der Waals surface area (Å²) in [6.45, 7) is -0.549. The Hall–Kier alpha value is -2.91. The van der Waals surface area contributed by atoms with E-state index >= 15 is 0 Å². The highest BCUT2D eigenvalue weighted by Crippen LogP contribution is 2.33. The van der Waals surface area contributed by atoms with Crippen LogP contribution in [0.3, 0.4) is 0 Å². The van der Waals surface area contributed by atoms with Crippen molar-refractivity contribution < 1.29 is 22.0 Å². The molecule has 0 aliphatic heterocycles. The van der Waals surface area contributed by atoms with Gasteiger partial charge in [0.15, 0.2) is 5.65 Å². The van der Waals surface area contributed by atoms with Crippen LogP contribution in [-0.2, 0) is 12.7 Å². The lowest BCUT2D eigenvalue weighted by Crippen LogP contribution is -2.29. The number of alkyl halides is 5. The Kier molecular flexibility index (Phi) is 5.72. The molecular formula is C21H19F5N4O. The summed E-state index contributed by atoms with van der Waals surface area (Å²) in [5, 5.41) is 0. The van der Waals surface area contributed by atoms with Gasteiger partial charge >= 0.3 is 6.18 Å². The smallest absolute Gasteiger partial charge is 0.285 e. The molecule has 1 saturated carbocycles. The summed E-state index contributed by atoms with van der Waals surface area (Å²) in [6, 6.07) is 3.56. The molecule has 0 amide bonds. The van der Waals surface area contributed by atoms with Crippen molar-refractivity contribution in [2.45, 2.75) is 57.2 Å². The van der Waals surface area contributed by atoms with E-state index < -0.39 is 36.0 Å². The molecule has 5 nitrogen and oxygen atoms in total. The van der Waals surface area contributed by atoms with E-state index in [1.807, 2.05) is 0 Å². The SMILES string of the molecule is O=c1c(C2CCCCC2)cc2ncc(C(F)F)nc2n1Cc1ncccc1C(F)(F)F. The van der Waals surface area contributed by atoms with Crippen molar-refractivity contribution in [3.63, 3.8) is 0 Å². The maximum Gasteiger partial charge on any atom is 0.418 e. The maximum absolute atomic E-state index is 13.5. The second-order valence-corrected chi connectivity index (χ2v) is 7.63. The lowest BCUT2D eigenvalue weighted by molar-refractivity contribution is -0.138. The highest BCUT2D eigenvalue weighted by atomic mass is 19.4. The quantitative estimate of drug-likeness (QED) is 0.523. The van der Waals surface area contributed by atoms with Gasteiger partial charge in [-0.3, -0.25) is 19.3 Å². The van der Waals surface area contributed by atoms with Crippen LogP contribution in [0.4, 0.5) is 22.0 Å². The minimum absolute atomic E-state index is 0.0562. The minimum Gasteiger partial charge on any atom is -0.285 e. The summed E-state index contributed by atoms with van der Waals surface area (Å²) in [5.74, 6) is -0.0562. The van der Waals surface area contributed by atoms with Gasteiger partial charge in [0, 0.05) is 11.8 Å². The van der Waals surface area contributed by atoms with Crippen LogP contribution in [0.15, 0.2) is 35.4 Å². The third-order valence-corrected chi connectivity index (χ3v) is 5.61. The largest absolute Gasteiger partial charge is 0.418 e. The van der Waals surface area contributed by atoms with Crippen LogP contribution >= 0.6 is 0 Å². The molecule has 1 fully saturated rings. The van der Waals surface area contributed by atoms with Crippen LogP contribution in [0.1, 0.15) is 67.0 Å². The van der Waals surface area contributed by atoms with E-state index in [2.05, 4.69) is 15.0 Å². The van der Waals surface area contributed by atoms with Gasteiger partial charge in [0.05, 0.1) is 24.0 Å². The van der Waals surface area contributed by atoms with Crippen LogP contribution in [0, 0.1) is 0 Å². The zero-order valence-corrected chi connectivity index (χ0v) is 16.4. The molecule has 1 aliphatic rings. The summed E-state index contributed by atoms with van der Waals surface area (Å²) in [5.41, 5.74) is -2.13. The van der Waals surface area contributed by atoms with Crippen molar-refractivity contribution in [3.8, 4) is 0 Å². The summed E-state index contributed by atoms with van der Waals surface area (Å²) in [6.07, 6.45) is -0.996. The zero-order chi connectivity index (χ0) is 22.2. The van der Waals surface area contributed by atoms with E-state index in [9.17, 15) is 26.7 Å². The fourth-order valence-electron chi connectivity index (χ4n) is 4.09. The molecule has 0 radical (unpaired) electrons. The number of nitrogens with zero attached hydrogens (tertiary/aromatic N) is 4. The van der Waals surface area contributed by atoms with Crippen molar-refractivity contribution in [1.29, 1.82) is 0 Å². The van der Waals surface area contributed by atoms with E-state index in [-0.39, 0.29) is 22.8 Å². The molecule has 3 aromatic rings. The molecular weight excluding hydrogens is 419 g/mol. The minimum atomic E-state index is -4.68. The van der Waals surface area contributed by atoms with Gasteiger partial charge in [-0.1, -0.05) is 19.3 Å². The predicted octanol–water partition coefficient (Wildman–Crippen LogP) is 5.24. The summed E-state index contributed by atoms with van der Waals surface area (Å²) < 4.78 is 67.7. The first-order valence-electron chi connectivity index (χ1n) is 9.95. The number of hydrogen-bond donors (Lipinski definition) is 0. The third-order valence-electron chi connectivity index (χ3n) is 5.61. The zero-order valence-electron chi connectivity index (χ0n) is 16.4. The van der Waals surface area contributed by atoms with Crippen LogP contribution in [0.2, 0.25) is 0 Å². The van der Waals surface area contributed by atoms with Crippen LogP contribution < -0.4 is 5.56 Å². The van der Waals surface area contributed by atoms with Gasteiger partial charge in [0.25, 0.3) is 12.0 Å². The lowest BCUT2D eigenvalue weighted by Gasteiger charge is -2.23. The molecule has 0 unspecified atom stereocenters. The van der Waals surface area contributed by atoms with Crippen LogP contribution in [-0.4, -0.2) is 19.5 Å². The average Bonchev–Trinajstić information content (AvgIpc) is 2.75.